The predicted molar refractivity (Wildman–Crippen MR) is 62.8 cm³/mol. The lowest BCUT2D eigenvalue weighted by Crippen LogP contribution is -2.23. The third-order valence-electron chi connectivity index (χ3n) is 2.84. The first kappa shape index (κ1) is 11.0. The molecular weight excluding hydrogens is 209 g/mol. The van der Waals surface area contributed by atoms with Gasteiger partial charge in [-0.05, 0) is 31.2 Å². The van der Waals surface area contributed by atoms with E-state index in [2.05, 4.69) is 12.2 Å². The SMILES string of the molecule is CCCC1Sc2cc(F)ccc2C1NC. The zero-order valence-electron chi connectivity index (χ0n) is 9.09. The van der Waals surface area contributed by atoms with Crippen molar-refractivity contribution in [2.24, 2.45) is 0 Å². The summed E-state index contributed by atoms with van der Waals surface area (Å²) in [6, 6.07) is 5.50. The Morgan fingerprint density at radius 1 is 1.47 bits per heavy atom. The lowest BCUT2D eigenvalue weighted by Gasteiger charge is -2.17. The van der Waals surface area contributed by atoms with Crippen molar-refractivity contribution in [2.75, 3.05) is 7.05 Å². The fourth-order valence-electron chi connectivity index (χ4n) is 2.15. The molecule has 0 spiro atoms. The van der Waals surface area contributed by atoms with Crippen LogP contribution in [-0.4, -0.2) is 12.3 Å². The molecule has 0 aromatic heterocycles. The van der Waals surface area contributed by atoms with Crippen LogP contribution in [0, 0.1) is 5.82 Å². The Hall–Kier alpha value is -0.540. The molecule has 82 valence electrons. The van der Waals surface area contributed by atoms with Crippen molar-refractivity contribution in [3.63, 3.8) is 0 Å². The molecule has 0 radical (unpaired) electrons. The Kier molecular flexibility index (Phi) is 3.32. The van der Waals surface area contributed by atoms with Gasteiger partial charge in [-0.25, -0.2) is 4.39 Å². The Labute approximate surface area is 94.5 Å². The Morgan fingerprint density at radius 3 is 2.93 bits per heavy atom. The molecule has 0 saturated carbocycles. The van der Waals surface area contributed by atoms with E-state index in [1.807, 2.05) is 13.1 Å². The van der Waals surface area contributed by atoms with Gasteiger partial charge >= 0.3 is 0 Å². The highest BCUT2D eigenvalue weighted by Gasteiger charge is 2.31. The summed E-state index contributed by atoms with van der Waals surface area (Å²) in [5, 5.41) is 3.88. The summed E-state index contributed by atoms with van der Waals surface area (Å²) in [6.07, 6.45) is 2.35. The molecule has 0 saturated heterocycles. The highest BCUT2D eigenvalue weighted by molar-refractivity contribution is 8.00. The maximum absolute atomic E-state index is 13.1. The standard InChI is InChI=1S/C12H16FNS/c1-3-4-10-12(14-2)9-6-5-8(13)7-11(9)15-10/h5-7,10,12,14H,3-4H2,1-2H3. The zero-order valence-corrected chi connectivity index (χ0v) is 9.90. The average Bonchev–Trinajstić information content (AvgIpc) is 2.54. The van der Waals surface area contributed by atoms with E-state index >= 15 is 0 Å². The van der Waals surface area contributed by atoms with Gasteiger partial charge in [0.25, 0.3) is 0 Å². The van der Waals surface area contributed by atoms with Gasteiger partial charge in [0.05, 0.1) is 0 Å². The third kappa shape index (κ3) is 2.04. The minimum atomic E-state index is -0.131. The summed E-state index contributed by atoms with van der Waals surface area (Å²) in [5.41, 5.74) is 1.25. The van der Waals surface area contributed by atoms with Gasteiger partial charge in [-0.15, -0.1) is 11.8 Å². The fourth-order valence-corrected chi connectivity index (χ4v) is 3.76. The lowest BCUT2D eigenvalue weighted by atomic mass is 10.0. The summed E-state index contributed by atoms with van der Waals surface area (Å²) < 4.78 is 13.1. The second-order valence-electron chi connectivity index (χ2n) is 3.89. The van der Waals surface area contributed by atoms with Gasteiger partial charge < -0.3 is 5.32 Å². The first-order chi connectivity index (χ1) is 7.26. The summed E-state index contributed by atoms with van der Waals surface area (Å²) in [6.45, 7) is 2.19. The van der Waals surface area contributed by atoms with E-state index < -0.39 is 0 Å². The molecule has 2 atom stereocenters. The minimum Gasteiger partial charge on any atom is -0.312 e. The van der Waals surface area contributed by atoms with Gasteiger partial charge in [0.2, 0.25) is 0 Å². The fraction of sp³-hybridized carbons (Fsp3) is 0.500. The quantitative estimate of drug-likeness (QED) is 0.846. The van der Waals surface area contributed by atoms with Crippen LogP contribution in [0.1, 0.15) is 31.4 Å². The van der Waals surface area contributed by atoms with E-state index in [0.29, 0.717) is 11.3 Å². The maximum atomic E-state index is 13.1. The third-order valence-corrected chi connectivity index (χ3v) is 4.26. The molecule has 3 heteroatoms. The van der Waals surface area contributed by atoms with E-state index in [9.17, 15) is 4.39 Å². The summed E-state index contributed by atoms with van der Waals surface area (Å²) in [5.74, 6) is -0.131. The smallest absolute Gasteiger partial charge is 0.124 e. The molecule has 1 heterocycles. The topological polar surface area (TPSA) is 12.0 Å². The molecule has 1 aliphatic heterocycles. The van der Waals surface area contributed by atoms with Crippen molar-refractivity contribution in [1.29, 1.82) is 0 Å². The molecule has 0 fully saturated rings. The number of halogens is 1. The maximum Gasteiger partial charge on any atom is 0.124 e. The normalized spacial score (nSPS) is 24.2. The first-order valence-electron chi connectivity index (χ1n) is 5.39. The summed E-state index contributed by atoms with van der Waals surface area (Å²) >= 11 is 1.81. The van der Waals surface area contributed by atoms with Crippen LogP contribution >= 0.6 is 11.8 Å². The second kappa shape index (κ2) is 4.54. The molecule has 1 nitrogen and oxygen atoms in total. The van der Waals surface area contributed by atoms with Crippen molar-refractivity contribution in [1.82, 2.24) is 5.32 Å². The monoisotopic (exact) mass is 225 g/mol. The minimum absolute atomic E-state index is 0.131. The largest absolute Gasteiger partial charge is 0.312 e. The van der Waals surface area contributed by atoms with Gasteiger partial charge in [0.1, 0.15) is 5.82 Å². The Morgan fingerprint density at radius 2 is 2.27 bits per heavy atom. The van der Waals surface area contributed by atoms with E-state index in [1.165, 1.54) is 18.4 Å². The van der Waals surface area contributed by atoms with Gasteiger partial charge in [0.15, 0.2) is 0 Å². The van der Waals surface area contributed by atoms with Crippen LogP contribution in [-0.2, 0) is 0 Å². The molecule has 0 amide bonds. The van der Waals surface area contributed by atoms with E-state index in [0.717, 1.165) is 4.90 Å². The molecule has 2 unspecified atom stereocenters. The van der Waals surface area contributed by atoms with Crippen molar-refractivity contribution in [3.05, 3.63) is 29.6 Å². The highest BCUT2D eigenvalue weighted by atomic mass is 32.2. The van der Waals surface area contributed by atoms with Crippen LogP contribution in [0.3, 0.4) is 0 Å². The van der Waals surface area contributed by atoms with Crippen LogP contribution in [0.5, 0.6) is 0 Å². The van der Waals surface area contributed by atoms with Crippen molar-refractivity contribution in [3.8, 4) is 0 Å². The molecule has 1 aromatic carbocycles. The average molecular weight is 225 g/mol. The van der Waals surface area contributed by atoms with E-state index in [-0.39, 0.29) is 5.82 Å². The van der Waals surface area contributed by atoms with Crippen LogP contribution in [0.25, 0.3) is 0 Å². The number of fused-ring (bicyclic) bond motifs is 1. The highest BCUT2D eigenvalue weighted by Crippen LogP contribution is 2.45. The molecular formula is C12H16FNS. The number of hydrogen-bond acceptors (Lipinski definition) is 2. The van der Waals surface area contributed by atoms with E-state index in [4.69, 9.17) is 0 Å². The Balaban J connectivity index is 2.28. The van der Waals surface area contributed by atoms with Gasteiger partial charge in [-0.2, -0.15) is 0 Å². The van der Waals surface area contributed by atoms with Crippen LogP contribution in [0.15, 0.2) is 23.1 Å². The molecule has 1 aromatic rings. The first-order valence-corrected chi connectivity index (χ1v) is 6.27. The predicted octanol–water partition coefficient (Wildman–Crippen LogP) is 3.36. The molecule has 1 N–H and O–H groups in total. The van der Waals surface area contributed by atoms with Crippen LogP contribution < -0.4 is 5.32 Å². The molecule has 0 bridgehead atoms. The van der Waals surface area contributed by atoms with Crippen LogP contribution in [0.2, 0.25) is 0 Å². The van der Waals surface area contributed by atoms with E-state index in [1.54, 1.807) is 23.9 Å². The number of thioether (sulfide) groups is 1. The van der Waals surface area contributed by atoms with Gasteiger partial charge in [-0.3, -0.25) is 0 Å². The van der Waals surface area contributed by atoms with Gasteiger partial charge in [0, 0.05) is 16.2 Å². The molecule has 2 rings (SSSR count). The van der Waals surface area contributed by atoms with Crippen LogP contribution in [0.4, 0.5) is 4.39 Å². The molecule has 1 aliphatic rings. The number of hydrogen-bond donors (Lipinski definition) is 1. The van der Waals surface area contributed by atoms with Crippen molar-refractivity contribution in [2.45, 2.75) is 36.0 Å². The molecule has 15 heavy (non-hydrogen) atoms. The second-order valence-corrected chi connectivity index (χ2v) is 5.17. The zero-order chi connectivity index (χ0) is 10.8. The molecule has 0 aliphatic carbocycles. The number of nitrogens with one attached hydrogen (secondary N) is 1. The summed E-state index contributed by atoms with van der Waals surface area (Å²) in [4.78, 5) is 1.10. The van der Waals surface area contributed by atoms with Gasteiger partial charge in [-0.1, -0.05) is 19.4 Å². The number of rotatable bonds is 3. The van der Waals surface area contributed by atoms with Crippen molar-refractivity contribution >= 4 is 11.8 Å². The van der Waals surface area contributed by atoms with Crippen molar-refractivity contribution < 1.29 is 4.39 Å². The number of benzene rings is 1. The lowest BCUT2D eigenvalue weighted by molar-refractivity contribution is 0.542. The summed E-state index contributed by atoms with van der Waals surface area (Å²) in [7, 11) is 1.98. The Bertz CT molecular complexity index is 353.